The summed E-state index contributed by atoms with van der Waals surface area (Å²) in [6.45, 7) is 1.19. The summed E-state index contributed by atoms with van der Waals surface area (Å²) in [4.78, 5) is 21.8. The van der Waals surface area contributed by atoms with E-state index >= 15 is 0 Å². The molecule has 0 saturated carbocycles. The van der Waals surface area contributed by atoms with E-state index in [1.807, 2.05) is 11.1 Å². The zero-order chi connectivity index (χ0) is 24.5. The SMILES string of the molecule is COc1ccccc1C(=NC#N)N1CCN2C(=O)N(c3ccc(C#N)c(C(F)(F)F)c3)C[C@@H]2C1. The van der Waals surface area contributed by atoms with Crippen molar-refractivity contribution in [1.82, 2.24) is 9.80 Å². The van der Waals surface area contributed by atoms with Crippen LogP contribution in [0.15, 0.2) is 47.5 Å². The van der Waals surface area contributed by atoms with Gasteiger partial charge in [0.05, 0.1) is 35.9 Å². The first-order chi connectivity index (χ1) is 16.3. The number of alkyl halides is 3. The van der Waals surface area contributed by atoms with Crippen LogP contribution < -0.4 is 9.64 Å². The van der Waals surface area contributed by atoms with Crippen molar-refractivity contribution in [2.24, 2.45) is 4.99 Å². The fraction of sp³-hybridized carbons (Fsp3) is 0.304. The summed E-state index contributed by atoms with van der Waals surface area (Å²) >= 11 is 0. The predicted octanol–water partition coefficient (Wildman–Crippen LogP) is 3.44. The normalized spacial score (nSPS) is 18.4. The van der Waals surface area contributed by atoms with E-state index in [4.69, 9.17) is 10.00 Å². The van der Waals surface area contributed by atoms with E-state index < -0.39 is 23.3 Å². The average molecular weight is 468 g/mol. The minimum absolute atomic E-state index is 0.0768. The quantitative estimate of drug-likeness (QED) is 0.391. The van der Waals surface area contributed by atoms with Crippen LogP contribution in [0.3, 0.4) is 0 Å². The van der Waals surface area contributed by atoms with Crippen molar-refractivity contribution in [3.8, 4) is 18.0 Å². The number of aliphatic imine (C=N–C) groups is 1. The fourth-order valence-corrected chi connectivity index (χ4v) is 4.33. The number of halogens is 3. The minimum Gasteiger partial charge on any atom is -0.496 e. The molecular formula is C23H19F3N6O2. The lowest BCUT2D eigenvalue weighted by atomic mass is 10.1. The van der Waals surface area contributed by atoms with Gasteiger partial charge >= 0.3 is 12.2 Å². The van der Waals surface area contributed by atoms with Crippen LogP contribution >= 0.6 is 0 Å². The highest BCUT2D eigenvalue weighted by Gasteiger charge is 2.43. The molecule has 2 aliphatic rings. The van der Waals surface area contributed by atoms with E-state index in [0.717, 1.165) is 12.1 Å². The van der Waals surface area contributed by atoms with Crippen LogP contribution in [0.5, 0.6) is 5.75 Å². The minimum atomic E-state index is -4.72. The smallest absolute Gasteiger partial charge is 0.417 e. The van der Waals surface area contributed by atoms with Gasteiger partial charge < -0.3 is 14.5 Å². The van der Waals surface area contributed by atoms with Crippen LogP contribution in [0.25, 0.3) is 0 Å². The highest BCUT2D eigenvalue weighted by molar-refractivity contribution is 6.02. The maximum Gasteiger partial charge on any atom is 0.417 e. The molecule has 0 aliphatic carbocycles. The molecule has 0 N–H and O–H groups in total. The van der Waals surface area contributed by atoms with E-state index in [1.54, 1.807) is 35.2 Å². The van der Waals surface area contributed by atoms with Crippen molar-refractivity contribution in [1.29, 1.82) is 10.5 Å². The molecule has 174 valence electrons. The van der Waals surface area contributed by atoms with Gasteiger partial charge in [0.1, 0.15) is 5.75 Å². The van der Waals surface area contributed by atoms with Gasteiger partial charge in [0.15, 0.2) is 5.84 Å². The first-order valence-electron chi connectivity index (χ1n) is 10.3. The molecule has 1 atom stereocenters. The molecule has 0 aromatic heterocycles. The van der Waals surface area contributed by atoms with Crippen molar-refractivity contribution < 1.29 is 22.7 Å². The standard InChI is InChI=1S/C23H19F3N6O2/c1-34-20-5-3-2-4-18(20)21(29-14-28)30-8-9-31-17(12-30)13-32(22(31)33)16-7-6-15(11-27)19(10-16)23(24,25)26/h2-7,10,17H,8-9,12-13H2,1H3/t17-/m0/s1. The molecule has 2 aromatic rings. The number of piperazine rings is 1. The molecular weight excluding hydrogens is 449 g/mol. The van der Waals surface area contributed by atoms with Crippen LogP contribution in [0.2, 0.25) is 0 Å². The first-order valence-corrected chi connectivity index (χ1v) is 10.3. The van der Waals surface area contributed by atoms with Crippen molar-refractivity contribution in [3.63, 3.8) is 0 Å². The summed E-state index contributed by atoms with van der Waals surface area (Å²) < 4.78 is 45.6. The molecule has 0 bridgehead atoms. The Labute approximate surface area is 193 Å². The Hall–Kier alpha value is -4.25. The Balaban J connectivity index is 1.60. The average Bonchev–Trinajstić information content (AvgIpc) is 3.17. The predicted molar refractivity (Wildman–Crippen MR) is 116 cm³/mol. The van der Waals surface area contributed by atoms with Crippen LogP contribution in [0.1, 0.15) is 16.7 Å². The number of anilines is 1. The van der Waals surface area contributed by atoms with Crippen molar-refractivity contribution >= 4 is 17.6 Å². The number of ether oxygens (including phenoxy) is 1. The Morgan fingerprint density at radius 1 is 1.15 bits per heavy atom. The second-order valence-corrected chi connectivity index (χ2v) is 7.76. The van der Waals surface area contributed by atoms with E-state index in [9.17, 15) is 23.2 Å². The number of methoxy groups -OCH3 is 1. The van der Waals surface area contributed by atoms with Crippen LogP contribution in [-0.4, -0.2) is 61.0 Å². The molecule has 2 fully saturated rings. The number of fused-ring (bicyclic) bond motifs is 1. The molecule has 2 heterocycles. The maximum atomic E-state index is 13.4. The van der Waals surface area contributed by atoms with Crippen LogP contribution in [0, 0.1) is 22.8 Å². The molecule has 0 unspecified atom stereocenters. The highest BCUT2D eigenvalue weighted by Crippen LogP contribution is 2.36. The summed E-state index contributed by atoms with van der Waals surface area (Å²) in [5.41, 5.74) is -0.872. The van der Waals surface area contributed by atoms with Gasteiger partial charge in [-0.15, -0.1) is 0 Å². The summed E-state index contributed by atoms with van der Waals surface area (Å²) in [6, 6.07) is 11.2. The molecule has 2 aliphatic heterocycles. The Kier molecular flexibility index (Phi) is 6.03. The molecule has 34 heavy (non-hydrogen) atoms. The number of benzene rings is 2. The number of carbonyl (C=O) groups is 1. The molecule has 2 amide bonds. The number of urea groups is 1. The number of nitrogens with zero attached hydrogens (tertiary/aromatic N) is 6. The molecule has 0 radical (unpaired) electrons. The molecule has 11 heteroatoms. The zero-order valence-electron chi connectivity index (χ0n) is 18.1. The van der Waals surface area contributed by atoms with Gasteiger partial charge in [-0.3, -0.25) is 4.90 Å². The summed E-state index contributed by atoms with van der Waals surface area (Å²) in [5.74, 6) is 0.948. The van der Waals surface area contributed by atoms with Crippen molar-refractivity contribution in [3.05, 3.63) is 59.2 Å². The largest absolute Gasteiger partial charge is 0.496 e. The monoisotopic (exact) mass is 468 g/mol. The Bertz CT molecular complexity index is 1230. The summed E-state index contributed by atoms with van der Waals surface area (Å²) in [6.07, 6.45) is -2.90. The number of amidine groups is 1. The van der Waals surface area contributed by atoms with Gasteiger partial charge in [-0.1, -0.05) is 12.1 Å². The topological polar surface area (TPSA) is 96.0 Å². The van der Waals surface area contributed by atoms with Gasteiger partial charge in [-0.05, 0) is 30.3 Å². The van der Waals surface area contributed by atoms with Gasteiger partial charge in [-0.25, -0.2) is 4.79 Å². The van der Waals surface area contributed by atoms with E-state index in [2.05, 4.69) is 4.99 Å². The molecule has 4 rings (SSSR count). The third-order valence-electron chi connectivity index (χ3n) is 5.90. The van der Waals surface area contributed by atoms with E-state index in [-0.39, 0.29) is 18.3 Å². The number of hydrogen-bond acceptors (Lipinski definition) is 5. The van der Waals surface area contributed by atoms with E-state index in [0.29, 0.717) is 36.8 Å². The lowest BCUT2D eigenvalue weighted by molar-refractivity contribution is -0.137. The van der Waals surface area contributed by atoms with Gasteiger partial charge in [0.2, 0.25) is 6.19 Å². The number of amides is 2. The van der Waals surface area contributed by atoms with Gasteiger partial charge in [0, 0.05) is 31.9 Å². The maximum absolute atomic E-state index is 13.4. The lowest BCUT2D eigenvalue weighted by Crippen LogP contribution is -2.54. The third-order valence-corrected chi connectivity index (χ3v) is 5.90. The van der Waals surface area contributed by atoms with Crippen molar-refractivity contribution in [2.75, 3.05) is 38.2 Å². The molecule has 8 nitrogen and oxygen atoms in total. The zero-order valence-corrected chi connectivity index (χ0v) is 18.1. The number of hydrogen-bond donors (Lipinski definition) is 0. The number of rotatable bonds is 3. The van der Waals surface area contributed by atoms with Crippen molar-refractivity contribution in [2.45, 2.75) is 12.2 Å². The summed E-state index contributed by atoms with van der Waals surface area (Å²) in [7, 11) is 1.51. The highest BCUT2D eigenvalue weighted by atomic mass is 19.4. The Morgan fingerprint density at radius 2 is 1.91 bits per heavy atom. The lowest BCUT2D eigenvalue weighted by Gasteiger charge is -2.38. The number of para-hydroxylation sites is 1. The van der Waals surface area contributed by atoms with Gasteiger partial charge in [-0.2, -0.15) is 28.7 Å². The fourth-order valence-electron chi connectivity index (χ4n) is 4.33. The van der Waals surface area contributed by atoms with Gasteiger partial charge in [0.25, 0.3) is 0 Å². The van der Waals surface area contributed by atoms with Crippen LogP contribution in [0.4, 0.5) is 23.7 Å². The second-order valence-electron chi connectivity index (χ2n) is 7.76. The molecule has 2 saturated heterocycles. The number of carbonyl (C=O) groups excluding carboxylic acids is 1. The first kappa shape index (κ1) is 22.9. The van der Waals surface area contributed by atoms with Crippen LogP contribution in [-0.2, 0) is 6.18 Å². The molecule has 0 spiro atoms. The Morgan fingerprint density at radius 3 is 2.59 bits per heavy atom. The number of nitriles is 2. The third kappa shape index (κ3) is 4.08. The molecule has 2 aromatic carbocycles. The second kappa shape index (κ2) is 8.94. The summed E-state index contributed by atoms with van der Waals surface area (Å²) in [5, 5.41) is 18.3. The van der Waals surface area contributed by atoms with E-state index in [1.165, 1.54) is 18.1 Å².